The first-order valence-electron chi connectivity index (χ1n) is 9.81. The third-order valence-corrected chi connectivity index (χ3v) is 4.83. The van der Waals surface area contributed by atoms with Crippen molar-refractivity contribution >= 4 is 5.91 Å². The lowest BCUT2D eigenvalue weighted by molar-refractivity contribution is 0.0951. The summed E-state index contributed by atoms with van der Waals surface area (Å²) < 4.78 is 7.07. The van der Waals surface area contributed by atoms with E-state index in [0.717, 1.165) is 22.4 Å². The smallest absolute Gasteiger partial charge is 0.255 e. The van der Waals surface area contributed by atoms with Crippen molar-refractivity contribution in [3.63, 3.8) is 0 Å². The molecule has 3 aromatic carbocycles. The van der Waals surface area contributed by atoms with E-state index in [4.69, 9.17) is 9.84 Å². The second kappa shape index (κ2) is 9.09. The van der Waals surface area contributed by atoms with E-state index in [9.17, 15) is 4.79 Å². The number of amides is 1. The molecular weight excluding hydrogens is 374 g/mol. The Bertz CT molecular complexity index is 1120. The van der Waals surface area contributed by atoms with Gasteiger partial charge in [-0.3, -0.25) is 9.48 Å². The third kappa shape index (κ3) is 4.58. The van der Waals surface area contributed by atoms with Crippen molar-refractivity contribution in [3.8, 4) is 17.0 Å². The Hall–Kier alpha value is -3.86. The summed E-state index contributed by atoms with van der Waals surface area (Å²) in [6.45, 7) is 1.01. The SMILES string of the molecule is COc1cccc(CNC(=O)c2cn(Cc3ccccc3)nc2-c2ccccc2)c1. The Labute approximate surface area is 175 Å². The number of ether oxygens (including phenoxy) is 1. The summed E-state index contributed by atoms with van der Waals surface area (Å²) >= 11 is 0. The van der Waals surface area contributed by atoms with Gasteiger partial charge in [0.1, 0.15) is 11.4 Å². The van der Waals surface area contributed by atoms with Crippen molar-refractivity contribution < 1.29 is 9.53 Å². The van der Waals surface area contributed by atoms with Crippen LogP contribution in [-0.2, 0) is 13.1 Å². The van der Waals surface area contributed by atoms with Crippen LogP contribution in [0.2, 0.25) is 0 Å². The lowest BCUT2D eigenvalue weighted by Gasteiger charge is -2.07. The van der Waals surface area contributed by atoms with E-state index in [1.807, 2.05) is 95.8 Å². The van der Waals surface area contributed by atoms with Gasteiger partial charge in [0, 0.05) is 18.3 Å². The summed E-state index contributed by atoms with van der Waals surface area (Å²) in [6, 6.07) is 27.5. The minimum atomic E-state index is -0.156. The average Bonchev–Trinajstić information content (AvgIpc) is 3.23. The van der Waals surface area contributed by atoms with Gasteiger partial charge in [0.25, 0.3) is 5.91 Å². The predicted octanol–water partition coefficient (Wildman–Crippen LogP) is 4.54. The quantitative estimate of drug-likeness (QED) is 0.498. The Kier molecular flexibility index (Phi) is 5.90. The van der Waals surface area contributed by atoms with Crippen LogP contribution in [0.4, 0.5) is 0 Å². The minimum Gasteiger partial charge on any atom is -0.497 e. The number of benzene rings is 3. The number of nitrogens with zero attached hydrogens (tertiary/aromatic N) is 2. The summed E-state index contributed by atoms with van der Waals surface area (Å²) in [5, 5.41) is 7.72. The van der Waals surface area contributed by atoms with Gasteiger partial charge in [0.05, 0.1) is 19.2 Å². The van der Waals surface area contributed by atoms with Gasteiger partial charge < -0.3 is 10.1 Å². The molecule has 0 aliphatic heterocycles. The monoisotopic (exact) mass is 397 g/mol. The van der Waals surface area contributed by atoms with Crippen LogP contribution >= 0.6 is 0 Å². The van der Waals surface area contributed by atoms with Crippen molar-refractivity contribution in [2.45, 2.75) is 13.1 Å². The van der Waals surface area contributed by atoms with Crippen LogP contribution in [0.25, 0.3) is 11.3 Å². The van der Waals surface area contributed by atoms with Crippen LogP contribution in [0.3, 0.4) is 0 Å². The largest absolute Gasteiger partial charge is 0.497 e. The molecule has 4 rings (SSSR count). The Morgan fingerprint density at radius 1 is 0.933 bits per heavy atom. The molecule has 0 saturated heterocycles. The number of carbonyl (C=O) groups excluding carboxylic acids is 1. The maximum Gasteiger partial charge on any atom is 0.255 e. The molecule has 5 heteroatoms. The van der Waals surface area contributed by atoms with Crippen molar-refractivity contribution in [2.24, 2.45) is 0 Å². The highest BCUT2D eigenvalue weighted by Gasteiger charge is 2.18. The van der Waals surface area contributed by atoms with Crippen molar-refractivity contribution in [1.29, 1.82) is 0 Å². The highest BCUT2D eigenvalue weighted by molar-refractivity contribution is 5.99. The first-order valence-corrected chi connectivity index (χ1v) is 9.81. The number of rotatable bonds is 7. The molecule has 0 atom stereocenters. The fourth-order valence-corrected chi connectivity index (χ4v) is 3.31. The molecule has 1 N–H and O–H groups in total. The maximum atomic E-state index is 13.0. The van der Waals surface area contributed by atoms with Gasteiger partial charge in [-0.2, -0.15) is 5.10 Å². The summed E-state index contributed by atoms with van der Waals surface area (Å²) in [5.74, 6) is 0.610. The van der Waals surface area contributed by atoms with Gasteiger partial charge in [0.2, 0.25) is 0 Å². The number of methoxy groups -OCH3 is 1. The van der Waals surface area contributed by atoms with Gasteiger partial charge in [-0.25, -0.2) is 0 Å². The second-order valence-corrected chi connectivity index (χ2v) is 6.97. The third-order valence-electron chi connectivity index (χ3n) is 4.83. The van der Waals surface area contributed by atoms with Crippen molar-refractivity contribution in [1.82, 2.24) is 15.1 Å². The van der Waals surface area contributed by atoms with Gasteiger partial charge in [0.15, 0.2) is 0 Å². The molecule has 0 aliphatic carbocycles. The van der Waals surface area contributed by atoms with Crippen LogP contribution in [0.15, 0.2) is 91.1 Å². The zero-order valence-electron chi connectivity index (χ0n) is 16.8. The van der Waals surface area contributed by atoms with E-state index in [2.05, 4.69) is 5.32 Å². The molecule has 0 bridgehead atoms. The molecule has 0 aliphatic rings. The van der Waals surface area contributed by atoms with Gasteiger partial charge >= 0.3 is 0 Å². The van der Waals surface area contributed by atoms with Gasteiger partial charge in [-0.15, -0.1) is 0 Å². The van der Waals surface area contributed by atoms with E-state index in [-0.39, 0.29) is 5.91 Å². The van der Waals surface area contributed by atoms with Gasteiger partial charge in [-0.05, 0) is 23.3 Å². The molecule has 0 spiro atoms. The fraction of sp³-hybridized carbons (Fsp3) is 0.120. The first kappa shape index (κ1) is 19.5. The topological polar surface area (TPSA) is 56.1 Å². The molecule has 1 aromatic heterocycles. The molecule has 1 amide bonds. The van der Waals surface area contributed by atoms with Crippen LogP contribution in [0.5, 0.6) is 5.75 Å². The van der Waals surface area contributed by atoms with Crippen LogP contribution in [-0.4, -0.2) is 22.8 Å². The first-order chi connectivity index (χ1) is 14.7. The van der Waals surface area contributed by atoms with Gasteiger partial charge in [-0.1, -0.05) is 72.8 Å². The van der Waals surface area contributed by atoms with E-state index in [1.54, 1.807) is 7.11 Å². The van der Waals surface area contributed by atoms with E-state index in [1.165, 1.54) is 0 Å². The summed E-state index contributed by atoms with van der Waals surface area (Å²) in [7, 11) is 1.63. The fourth-order valence-electron chi connectivity index (χ4n) is 3.31. The lowest BCUT2D eigenvalue weighted by Crippen LogP contribution is -2.23. The summed E-state index contributed by atoms with van der Waals surface area (Å²) in [6.07, 6.45) is 1.82. The van der Waals surface area contributed by atoms with E-state index < -0.39 is 0 Å². The van der Waals surface area contributed by atoms with Crippen LogP contribution in [0.1, 0.15) is 21.5 Å². The minimum absolute atomic E-state index is 0.156. The molecule has 0 fully saturated rings. The number of hydrogen-bond donors (Lipinski definition) is 1. The zero-order valence-corrected chi connectivity index (χ0v) is 16.8. The molecule has 4 aromatic rings. The van der Waals surface area contributed by atoms with Crippen LogP contribution in [0, 0.1) is 0 Å². The Morgan fingerprint density at radius 3 is 2.37 bits per heavy atom. The highest BCUT2D eigenvalue weighted by atomic mass is 16.5. The molecule has 0 unspecified atom stereocenters. The molecule has 1 heterocycles. The standard InChI is InChI=1S/C25H23N3O2/c1-30-22-14-8-11-20(15-22)16-26-25(29)23-18-28(17-19-9-4-2-5-10-19)27-24(23)21-12-6-3-7-13-21/h2-15,18H,16-17H2,1H3,(H,26,29). The van der Waals surface area contributed by atoms with Crippen molar-refractivity contribution in [3.05, 3.63) is 108 Å². The molecule has 30 heavy (non-hydrogen) atoms. The number of aromatic nitrogens is 2. The van der Waals surface area contributed by atoms with Crippen molar-refractivity contribution in [2.75, 3.05) is 7.11 Å². The average molecular weight is 397 g/mol. The highest BCUT2D eigenvalue weighted by Crippen LogP contribution is 2.23. The normalized spacial score (nSPS) is 10.6. The summed E-state index contributed by atoms with van der Waals surface area (Å²) in [5.41, 5.74) is 4.24. The Morgan fingerprint density at radius 2 is 1.63 bits per heavy atom. The van der Waals surface area contributed by atoms with Crippen LogP contribution < -0.4 is 10.1 Å². The second-order valence-electron chi connectivity index (χ2n) is 6.97. The number of carbonyl (C=O) groups is 1. The summed E-state index contributed by atoms with van der Waals surface area (Å²) in [4.78, 5) is 13.0. The number of hydrogen-bond acceptors (Lipinski definition) is 3. The maximum absolute atomic E-state index is 13.0. The zero-order chi connectivity index (χ0) is 20.8. The lowest BCUT2D eigenvalue weighted by atomic mass is 10.1. The molecule has 150 valence electrons. The molecule has 5 nitrogen and oxygen atoms in total. The molecule has 0 saturated carbocycles. The van der Waals surface area contributed by atoms with E-state index >= 15 is 0 Å². The Balaban J connectivity index is 1.59. The molecular formula is C25H23N3O2. The van der Waals surface area contributed by atoms with E-state index in [0.29, 0.717) is 24.3 Å². The predicted molar refractivity (Wildman–Crippen MR) is 117 cm³/mol. The number of nitrogens with one attached hydrogen (secondary N) is 1. The molecule has 0 radical (unpaired) electrons.